The first-order chi connectivity index (χ1) is 14.7. The maximum atomic E-state index is 5.98. The Kier molecular flexibility index (Phi) is 5.01. The summed E-state index contributed by atoms with van der Waals surface area (Å²) in [6.45, 7) is 2.52. The molecule has 5 rings (SSSR count). The molecule has 0 aliphatic heterocycles. The first-order valence-electron chi connectivity index (χ1n) is 10.1. The second-order valence-corrected chi connectivity index (χ2v) is 8.51. The van der Waals surface area contributed by atoms with Crippen molar-refractivity contribution < 1.29 is 4.74 Å². The highest BCUT2D eigenvalue weighted by molar-refractivity contribution is 7.08. The summed E-state index contributed by atoms with van der Waals surface area (Å²) in [5.41, 5.74) is 5.05. The Morgan fingerprint density at radius 2 is 1.67 bits per heavy atom. The van der Waals surface area contributed by atoms with E-state index < -0.39 is 0 Å². The van der Waals surface area contributed by atoms with Crippen LogP contribution in [-0.4, -0.2) is 19.3 Å². The van der Waals surface area contributed by atoms with Crippen LogP contribution in [0.25, 0.3) is 10.8 Å². The monoisotopic (exact) mass is 414 g/mol. The predicted molar refractivity (Wildman–Crippen MR) is 118 cm³/mol. The number of nitrogens with zero attached hydrogens (tertiary/aromatic N) is 4. The van der Waals surface area contributed by atoms with Crippen molar-refractivity contribution in [3.8, 4) is 16.6 Å². The molecule has 0 atom stereocenters. The van der Waals surface area contributed by atoms with Gasteiger partial charge in [-0.15, -0.1) is 0 Å². The molecular formula is C24H22N4OS. The molecule has 150 valence electrons. The van der Waals surface area contributed by atoms with E-state index >= 15 is 0 Å². The van der Waals surface area contributed by atoms with Crippen LogP contribution >= 0.6 is 11.5 Å². The number of hydrogen-bond acceptors (Lipinski definition) is 6. The molecule has 0 amide bonds. The van der Waals surface area contributed by atoms with Crippen LogP contribution in [0.15, 0.2) is 67.1 Å². The van der Waals surface area contributed by atoms with Gasteiger partial charge in [-0.05, 0) is 60.6 Å². The van der Waals surface area contributed by atoms with Gasteiger partial charge in [-0.25, -0.2) is 15.0 Å². The van der Waals surface area contributed by atoms with Crippen molar-refractivity contribution in [2.75, 3.05) is 0 Å². The number of hydrogen-bond donors (Lipinski definition) is 0. The van der Waals surface area contributed by atoms with Gasteiger partial charge in [0.25, 0.3) is 0 Å². The molecule has 1 saturated carbocycles. The van der Waals surface area contributed by atoms with Crippen LogP contribution in [0.4, 0.5) is 0 Å². The molecule has 1 aliphatic rings. The van der Waals surface area contributed by atoms with Crippen LogP contribution in [0.2, 0.25) is 0 Å². The largest absolute Gasteiger partial charge is 0.487 e. The fraction of sp³-hybridized carbons (Fsp3) is 0.250. The molecule has 0 saturated heterocycles. The minimum atomic E-state index is 0.148. The molecule has 0 spiro atoms. The molecule has 0 radical (unpaired) electrons. The van der Waals surface area contributed by atoms with E-state index in [0.717, 1.165) is 11.4 Å². The molecule has 4 aromatic rings. The molecule has 0 N–H and O–H groups in total. The van der Waals surface area contributed by atoms with E-state index in [1.54, 1.807) is 6.20 Å². The average Bonchev–Trinajstić information content (AvgIpc) is 3.29. The lowest BCUT2D eigenvalue weighted by Crippen LogP contribution is -2.35. The average molecular weight is 415 g/mol. The van der Waals surface area contributed by atoms with E-state index in [0.29, 0.717) is 17.4 Å². The van der Waals surface area contributed by atoms with Crippen LogP contribution in [0.3, 0.4) is 0 Å². The standard InChI is InChI=1S/C24H22N4OS/c1-17-3-5-18(6-4-17)24(12-2-13-24)19-7-9-21(10-8-19)29-15-20-11-14-25-22(28-20)23-26-16-27-30-23/h3-11,14,16H,2,12-13,15H2,1H3. The lowest BCUT2D eigenvalue weighted by molar-refractivity contribution is 0.294. The highest BCUT2D eigenvalue weighted by atomic mass is 32.1. The zero-order valence-corrected chi connectivity index (χ0v) is 17.6. The predicted octanol–water partition coefficient (Wildman–Crippen LogP) is 5.35. The Morgan fingerprint density at radius 3 is 2.30 bits per heavy atom. The zero-order chi connectivity index (χ0) is 20.4. The van der Waals surface area contributed by atoms with Gasteiger partial charge in [0.15, 0.2) is 10.8 Å². The van der Waals surface area contributed by atoms with Crippen LogP contribution in [-0.2, 0) is 12.0 Å². The summed E-state index contributed by atoms with van der Waals surface area (Å²) in [5, 5.41) is 0.711. The Labute approximate surface area is 180 Å². The van der Waals surface area contributed by atoms with E-state index in [1.807, 2.05) is 6.07 Å². The minimum absolute atomic E-state index is 0.148. The third-order valence-corrected chi connectivity index (χ3v) is 6.53. The van der Waals surface area contributed by atoms with E-state index in [4.69, 9.17) is 4.74 Å². The summed E-state index contributed by atoms with van der Waals surface area (Å²) in [6, 6.07) is 19.4. The normalized spacial score (nSPS) is 14.8. The zero-order valence-electron chi connectivity index (χ0n) is 16.8. The van der Waals surface area contributed by atoms with Gasteiger partial charge >= 0.3 is 0 Å². The van der Waals surface area contributed by atoms with Crippen LogP contribution in [0.1, 0.15) is 41.6 Å². The number of aromatic nitrogens is 4. The van der Waals surface area contributed by atoms with Gasteiger partial charge < -0.3 is 4.74 Å². The lowest BCUT2D eigenvalue weighted by atomic mass is 9.60. The van der Waals surface area contributed by atoms with Crippen molar-refractivity contribution in [2.24, 2.45) is 0 Å². The molecule has 2 aromatic heterocycles. The summed E-state index contributed by atoms with van der Waals surface area (Å²) in [7, 11) is 0. The maximum absolute atomic E-state index is 5.98. The maximum Gasteiger partial charge on any atom is 0.190 e. The van der Waals surface area contributed by atoms with E-state index in [-0.39, 0.29) is 5.41 Å². The Morgan fingerprint density at radius 1 is 0.933 bits per heavy atom. The SMILES string of the molecule is Cc1ccc(C2(c3ccc(OCc4ccnc(-c5ncns5)n4)cc3)CCC2)cc1. The third-order valence-electron chi connectivity index (χ3n) is 5.87. The second kappa shape index (κ2) is 7.95. The van der Waals surface area contributed by atoms with E-state index in [1.165, 1.54) is 53.8 Å². The Hall–Kier alpha value is -3.12. The van der Waals surface area contributed by atoms with Crippen LogP contribution in [0.5, 0.6) is 5.75 Å². The quantitative estimate of drug-likeness (QED) is 0.425. The van der Waals surface area contributed by atoms with Gasteiger partial charge in [0, 0.05) is 11.6 Å². The van der Waals surface area contributed by atoms with Crippen LogP contribution < -0.4 is 4.74 Å². The molecule has 1 aliphatic carbocycles. The lowest BCUT2D eigenvalue weighted by Gasteiger charge is -2.43. The van der Waals surface area contributed by atoms with E-state index in [2.05, 4.69) is 74.8 Å². The fourth-order valence-corrected chi connectivity index (χ4v) is 4.49. The smallest absolute Gasteiger partial charge is 0.190 e. The van der Waals surface area contributed by atoms with Crippen molar-refractivity contribution in [3.05, 3.63) is 89.5 Å². The first-order valence-corrected chi connectivity index (χ1v) is 10.9. The fourth-order valence-electron chi connectivity index (χ4n) is 4.03. The van der Waals surface area contributed by atoms with E-state index in [9.17, 15) is 0 Å². The van der Waals surface area contributed by atoms with Crippen molar-refractivity contribution >= 4 is 11.5 Å². The molecule has 1 fully saturated rings. The second-order valence-electron chi connectivity index (χ2n) is 7.73. The summed E-state index contributed by atoms with van der Waals surface area (Å²) in [5.74, 6) is 1.42. The molecule has 0 bridgehead atoms. The first kappa shape index (κ1) is 18.9. The molecule has 6 heteroatoms. The Bertz CT molecular complexity index is 1120. The highest BCUT2D eigenvalue weighted by Gasteiger charge is 2.40. The van der Waals surface area contributed by atoms with Gasteiger partial charge in [0.2, 0.25) is 0 Å². The summed E-state index contributed by atoms with van der Waals surface area (Å²) >= 11 is 1.28. The summed E-state index contributed by atoms with van der Waals surface area (Å²) < 4.78 is 9.99. The molecule has 0 unspecified atom stereocenters. The van der Waals surface area contributed by atoms with Crippen molar-refractivity contribution in [1.29, 1.82) is 0 Å². The van der Waals surface area contributed by atoms with Crippen LogP contribution in [0, 0.1) is 6.92 Å². The number of aryl methyl sites for hydroxylation is 1. The highest BCUT2D eigenvalue weighted by Crippen LogP contribution is 2.49. The van der Waals surface area contributed by atoms with Gasteiger partial charge in [-0.2, -0.15) is 4.37 Å². The van der Waals surface area contributed by atoms with Gasteiger partial charge in [-0.3, -0.25) is 0 Å². The molecule has 2 aromatic carbocycles. The number of benzene rings is 2. The molecule has 30 heavy (non-hydrogen) atoms. The number of rotatable bonds is 6. The van der Waals surface area contributed by atoms with Gasteiger partial charge in [-0.1, -0.05) is 48.4 Å². The summed E-state index contributed by atoms with van der Waals surface area (Å²) in [4.78, 5) is 13.0. The van der Waals surface area contributed by atoms with Crippen molar-refractivity contribution in [3.63, 3.8) is 0 Å². The van der Waals surface area contributed by atoms with Gasteiger partial charge in [0.05, 0.1) is 5.69 Å². The molecule has 5 nitrogen and oxygen atoms in total. The topological polar surface area (TPSA) is 60.8 Å². The molecule has 2 heterocycles. The van der Waals surface area contributed by atoms with Gasteiger partial charge in [0.1, 0.15) is 18.7 Å². The van der Waals surface area contributed by atoms with Crippen molar-refractivity contribution in [2.45, 2.75) is 38.2 Å². The molecular weight excluding hydrogens is 392 g/mol. The summed E-state index contributed by atoms with van der Waals surface area (Å²) in [6.07, 6.45) is 6.92. The Balaban J connectivity index is 1.30. The minimum Gasteiger partial charge on any atom is -0.487 e. The van der Waals surface area contributed by atoms with Crippen molar-refractivity contribution in [1.82, 2.24) is 19.3 Å². The number of ether oxygens (including phenoxy) is 1. The third kappa shape index (κ3) is 3.59.